The maximum Gasteiger partial charge on any atom is 0.325 e. The molecule has 0 aliphatic heterocycles. The summed E-state index contributed by atoms with van der Waals surface area (Å²) in [4.78, 5) is 11.3. The molecule has 0 saturated heterocycles. The van der Waals surface area contributed by atoms with Crippen LogP contribution in [0, 0.1) is 6.92 Å². The summed E-state index contributed by atoms with van der Waals surface area (Å²) in [5, 5.41) is 2.80. The second-order valence-electron chi connectivity index (χ2n) is 4.86. The van der Waals surface area contributed by atoms with Gasteiger partial charge in [-0.2, -0.15) is 0 Å². The van der Waals surface area contributed by atoms with E-state index in [1.54, 1.807) is 24.3 Å². The smallest absolute Gasteiger partial charge is 0.325 e. The number of aryl methyl sites for hydroxylation is 1. The van der Waals surface area contributed by atoms with Gasteiger partial charge in [-0.05, 0) is 31.2 Å². The molecule has 0 atom stereocenters. The Morgan fingerprint density at radius 1 is 1.17 bits per heavy atom. The fourth-order valence-electron chi connectivity index (χ4n) is 1.94. The Balaban J connectivity index is 2.39. The first-order valence-electron chi connectivity index (χ1n) is 6.77. The second kappa shape index (κ2) is 7.02. The van der Waals surface area contributed by atoms with E-state index in [1.807, 2.05) is 6.92 Å². The van der Waals surface area contributed by atoms with Gasteiger partial charge in [-0.3, -0.25) is 4.79 Å². The van der Waals surface area contributed by atoms with Gasteiger partial charge in [0.1, 0.15) is 6.54 Å². The number of hydrogen-bond donors (Lipinski definition) is 1. The summed E-state index contributed by atoms with van der Waals surface area (Å²) in [7, 11) is -2.47. The molecule has 2 rings (SSSR count). The lowest BCUT2D eigenvalue weighted by Gasteiger charge is -2.12. The van der Waals surface area contributed by atoms with E-state index in [0.717, 1.165) is 5.56 Å². The van der Waals surface area contributed by atoms with Crippen molar-refractivity contribution < 1.29 is 17.9 Å². The van der Waals surface area contributed by atoms with Crippen LogP contribution < -0.4 is 5.32 Å². The standard InChI is InChI=1S/C16H16ClNO4S/c1-11-6-8-12(9-7-11)23(20,21)14-5-3-4-13(16(14)17)18-10-15(19)22-2/h3-9,18H,10H2,1-2H3. The van der Waals surface area contributed by atoms with E-state index in [9.17, 15) is 13.2 Å². The Hall–Kier alpha value is -2.05. The summed E-state index contributed by atoms with van der Waals surface area (Å²) in [6, 6.07) is 11.1. The Bertz CT molecular complexity index is 816. The number of halogens is 1. The van der Waals surface area contributed by atoms with E-state index in [0.29, 0.717) is 5.69 Å². The van der Waals surface area contributed by atoms with E-state index in [-0.39, 0.29) is 21.4 Å². The third-order valence-electron chi connectivity index (χ3n) is 3.23. The molecule has 0 amide bonds. The van der Waals surface area contributed by atoms with Crippen molar-refractivity contribution in [3.8, 4) is 0 Å². The van der Waals surface area contributed by atoms with Crippen LogP contribution in [0.2, 0.25) is 5.02 Å². The monoisotopic (exact) mass is 353 g/mol. The highest BCUT2D eigenvalue weighted by Crippen LogP contribution is 2.33. The molecule has 0 aliphatic rings. The van der Waals surface area contributed by atoms with Gasteiger partial charge in [-0.25, -0.2) is 8.42 Å². The molecule has 0 heterocycles. The highest BCUT2D eigenvalue weighted by Gasteiger charge is 2.22. The van der Waals surface area contributed by atoms with Crippen LogP contribution in [-0.4, -0.2) is 28.0 Å². The molecule has 23 heavy (non-hydrogen) atoms. The third kappa shape index (κ3) is 3.83. The van der Waals surface area contributed by atoms with Gasteiger partial charge < -0.3 is 10.1 Å². The van der Waals surface area contributed by atoms with Crippen LogP contribution in [0.15, 0.2) is 52.3 Å². The number of nitrogens with one attached hydrogen (secondary N) is 1. The van der Waals surface area contributed by atoms with Gasteiger partial charge in [0.05, 0.1) is 27.6 Å². The summed E-state index contributed by atoms with van der Waals surface area (Å²) < 4.78 is 29.9. The average Bonchev–Trinajstić information content (AvgIpc) is 2.53. The third-order valence-corrected chi connectivity index (χ3v) is 5.57. The van der Waals surface area contributed by atoms with Crippen molar-refractivity contribution >= 4 is 33.1 Å². The number of carbonyl (C=O) groups is 1. The van der Waals surface area contributed by atoms with Crippen molar-refractivity contribution in [2.24, 2.45) is 0 Å². The van der Waals surface area contributed by atoms with Crippen molar-refractivity contribution in [3.63, 3.8) is 0 Å². The van der Waals surface area contributed by atoms with Crippen molar-refractivity contribution in [1.82, 2.24) is 0 Å². The highest BCUT2D eigenvalue weighted by atomic mass is 35.5. The first-order chi connectivity index (χ1) is 10.9. The van der Waals surface area contributed by atoms with Crippen LogP contribution >= 0.6 is 11.6 Å². The summed E-state index contributed by atoms with van der Waals surface area (Å²) >= 11 is 6.21. The number of ether oxygens (including phenoxy) is 1. The van der Waals surface area contributed by atoms with Crippen molar-refractivity contribution in [2.75, 3.05) is 19.0 Å². The van der Waals surface area contributed by atoms with Gasteiger partial charge in [-0.1, -0.05) is 35.4 Å². The first kappa shape index (κ1) is 17.3. The highest BCUT2D eigenvalue weighted by molar-refractivity contribution is 7.91. The maximum atomic E-state index is 12.7. The number of carbonyl (C=O) groups excluding carboxylic acids is 1. The van der Waals surface area contributed by atoms with Crippen LogP contribution in [0.4, 0.5) is 5.69 Å². The van der Waals surface area contributed by atoms with Gasteiger partial charge in [-0.15, -0.1) is 0 Å². The quantitative estimate of drug-likeness (QED) is 0.836. The maximum absolute atomic E-state index is 12.7. The minimum absolute atomic E-state index is 0.0158. The van der Waals surface area contributed by atoms with Gasteiger partial charge in [0.15, 0.2) is 0 Å². The average molecular weight is 354 g/mol. The van der Waals surface area contributed by atoms with Crippen LogP contribution in [0.25, 0.3) is 0 Å². The fourth-order valence-corrected chi connectivity index (χ4v) is 3.79. The SMILES string of the molecule is COC(=O)CNc1cccc(S(=O)(=O)c2ccc(C)cc2)c1Cl. The lowest BCUT2D eigenvalue weighted by atomic mass is 10.2. The molecule has 7 heteroatoms. The molecule has 5 nitrogen and oxygen atoms in total. The molecule has 1 N–H and O–H groups in total. The van der Waals surface area contributed by atoms with Gasteiger partial charge in [0.25, 0.3) is 0 Å². The Labute approximate surface area is 140 Å². The number of sulfone groups is 1. The zero-order valence-electron chi connectivity index (χ0n) is 12.7. The molecule has 0 fully saturated rings. The van der Waals surface area contributed by atoms with Crippen LogP contribution in [-0.2, 0) is 19.4 Å². The molecule has 2 aromatic carbocycles. The summed E-state index contributed by atoms with van der Waals surface area (Å²) in [6.07, 6.45) is 0. The van der Waals surface area contributed by atoms with Gasteiger partial charge in [0.2, 0.25) is 9.84 Å². The Morgan fingerprint density at radius 3 is 2.43 bits per heavy atom. The molecule has 0 radical (unpaired) electrons. The van der Waals surface area contributed by atoms with E-state index in [4.69, 9.17) is 11.6 Å². The zero-order valence-corrected chi connectivity index (χ0v) is 14.2. The number of esters is 1. The molecular weight excluding hydrogens is 338 g/mol. The molecule has 0 bridgehead atoms. The van der Waals surface area contributed by atoms with Crippen LogP contribution in [0.1, 0.15) is 5.56 Å². The summed E-state index contributed by atoms with van der Waals surface area (Å²) in [5.41, 5.74) is 1.31. The predicted molar refractivity (Wildman–Crippen MR) is 88.6 cm³/mol. The number of benzene rings is 2. The zero-order chi connectivity index (χ0) is 17.0. The van der Waals surface area contributed by atoms with Gasteiger partial charge in [0, 0.05) is 0 Å². The minimum Gasteiger partial charge on any atom is -0.468 e. The predicted octanol–water partition coefficient (Wildman–Crippen LogP) is 3.07. The minimum atomic E-state index is -3.74. The van der Waals surface area contributed by atoms with Crippen LogP contribution in [0.5, 0.6) is 0 Å². The van der Waals surface area contributed by atoms with Crippen molar-refractivity contribution in [1.29, 1.82) is 0 Å². The lowest BCUT2D eigenvalue weighted by Crippen LogP contribution is -2.15. The molecule has 2 aromatic rings. The number of methoxy groups -OCH3 is 1. The lowest BCUT2D eigenvalue weighted by molar-refractivity contribution is -0.138. The van der Waals surface area contributed by atoms with Crippen molar-refractivity contribution in [3.05, 3.63) is 53.1 Å². The number of hydrogen-bond acceptors (Lipinski definition) is 5. The van der Waals surface area contributed by atoms with E-state index in [1.165, 1.54) is 25.3 Å². The Kier molecular flexibility index (Phi) is 5.28. The molecule has 0 aliphatic carbocycles. The normalized spacial score (nSPS) is 11.1. The number of rotatable bonds is 5. The van der Waals surface area contributed by atoms with E-state index >= 15 is 0 Å². The van der Waals surface area contributed by atoms with E-state index in [2.05, 4.69) is 10.1 Å². The molecule has 0 aromatic heterocycles. The fraction of sp³-hybridized carbons (Fsp3) is 0.188. The molecule has 122 valence electrons. The Morgan fingerprint density at radius 2 is 1.83 bits per heavy atom. The van der Waals surface area contributed by atoms with Gasteiger partial charge >= 0.3 is 5.97 Å². The molecule has 0 spiro atoms. The molecule has 0 saturated carbocycles. The molecular formula is C16H16ClNO4S. The second-order valence-corrected chi connectivity index (χ2v) is 7.16. The molecule has 0 unspecified atom stereocenters. The summed E-state index contributed by atoms with van der Waals surface area (Å²) in [6.45, 7) is 1.77. The topological polar surface area (TPSA) is 72.5 Å². The van der Waals surface area contributed by atoms with Crippen molar-refractivity contribution in [2.45, 2.75) is 16.7 Å². The van der Waals surface area contributed by atoms with Crippen LogP contribution in [0.3, 0.4) is 0 Å². The van der Waals surface area contributed by atoms with E-state index < -0.39 is 15.8 Å². The first-order valence-corrected chi connectivity index (χ1v) is 8.63. The summed E-state index contributed by atoms with van der Waals surface area (Å²) in [5.74, 6) is -0.479. The number of anilines is 1. The largest absolute Gasteiger partial charge is 0.468 e.